The van der Waals surface area contributed by atoms with Crippen LogP contribution in [0.15, 0.2) is 12.7 Å². The molecule has 0 aliphatic rings. The van der Waals surface area contributed by atoms with E-state index >= 15 is 0 Å². The Kier molecular flexibility index (Phi) is 4.63. The van der Waals surface area contributed by atoms with Crippen molar-refractivity contribution in [2.75, 3.05) is 0 Å². The van der Waals surface area contributed by atoms with Gasteiger partial charge in [-0.2, -0.15) is 0 Å². The van der Waals surface area contributed by atoms with Crippen LogP contribution >= 0.6 is 0 Å². The molecule has 57 valence electrons. The molecule has 0 aromatic heterocycles. The predicted molar refractivity (Wildman–Crippen MR) is 40.3 cm³/mol. The number of rotatable bonds is 5. The highest BCUT2D eigenvalue weighted by molar-refractivity contribution is 5.37. The van der Waals surface area contributed by atoms with Crippen LogP contribution in [0.4, 0.5) is 0 Å². The summed E-state index contributed by atoms with van der Waals surface area (Å²) >= 11 is 0. The summed E-state index contributed by atoms with van der Waals surface area (Å²) in [5, 5.41) is 0. The largest absolute Gasteiger partial charge is 0.464 e. The molecule has 0 N–H and O–H groups in total. The summed E-state index contributed by atoms with van der Waals surface area (Å²) in [6.45, 7) is 9.61. The van der Waals surface area contributed by atoms with E-state index in [1.807, 2.05) is 6.92 Å². The molecule has 0 saturated carbocycles. The van der Waals surface area contributed by atoms with Gasteiger partial charge in [-0.15, -0.1) is 6.58 Å². The summed E-state index contributed by atoms with van der Waals surface area (Å²) in [7, 11) is 0. The zero-order chi connectivity index (χ0) is 7.98. The van der Waals surface area contributed by atoms with Crippen molar-refractivity contribution in [3.8, 4) is 0 Å². The van der Waals surface area contributed by atoms with Gasteiger partial charge in [0.2, 0.25) is 0 Å². The number of carbonyl (C=O) groups excluding carboxylic acids is 1. The topological polar surface area (TPSA) is 26.3 Å². The summed E-state index contributed by atoms with van der Waals surface area (Å²) in [6.07, 6.45) is 2.36. The first kappa shape index (κ1) is 9.21. The molecule has 0 heterocycles. The van der Waals surface area contributed by atoms with E-state index in [0.29, 0.717) is 6.47 Å². The molecule has 0 spiro atoms. The van der Waals surface area contributed by atoms with Crippen molar-refractivity contribution in [3.63, 3.8) is 0 Å². The molecule has 10 heavy (non-hydrogen) atoms. The normalized spacial score (nSPS) is 15.4. The van der Waals surface area contributed by atoms with Crippen LogP contribution in [0.25, 0.3) is 0 Å². The molecule has 0 fully saturated rings. The van der Waals surface area contributed by atoms with Crippen molar-refractivity contribution in [3.05, 3.63) is 19.6 Å². The minimum absolute atomic E-state index is 0.252. The van der Waals surface area contributed by atoms with Gasteiger partial charge >= 0.3 is 0 Å². The van der Waals surface area contributed by atoms with Crippen molar-refractivity contribution in [1.82, 2.24) is 0 Å². The fraction of sp³-hybridized carbons (Fsp3) is 0.500. The van der Waals surface area contributed by atoms with Crippen LogP contribution in [-0.4, -0.2) is 12.6 Å². The Labute approximate surface area is 61.9 Å². The zero-order valence-corrected chi connectivity index (χ0v) is 6.25. The van der Waals surface area contributed by atoms with Crippen molar-refractivity contribution in [2.24, 2.45) is 5.92 Å². The van der Waals surface area contributed by atoms with Gasteiger partial charge in [-0.3, -0.25) is 4.79 Å². The molecule has 0 aromatic rings. The molecule has 0 aromatic carbocycles. The van der Waals surface area contributed by atoms with Gasteiger partial charge in [0.05, 0.1) is 0 Å². The van der Waals surface area contributed by atoms with Gasteiger partial charge < -0.3 is 4.74 Å². The Balaban J connectivity index is 3.56. The molecule has 1 radical (unpaired) electrons. The van der Waals surface area contributed by atoms with Crippen LogP contribution in [-0.2, 0) is 9.53 Å². The van der Waals surface area contributed by atoms with Crippen LogP contribution < -0.4 is 0 Å². The van der Waals surface area contributed by atoms with Gasteiger partial charge in [0.25, 0.3) is 6.47 Å². The molecule has 0 saturated heterocycles. The average Bonchev–Trinajstić information content (AvgIpc) is 1.89. The van der Waals surface area contributed by atoms with Gasteiger partial charge in [-0.05, 0) is 19.3 Å². The molecular formula is C8H13O2. The molecule has 2 heteroatoms. The average molecular weight is 141 g/mol. The van der Waals surface area contributed by atoms with E-state index in [0.717, 1.165) is 6.42 Å². The SMILES string of the molecule is [CH2][C@@H](OC=O)C(C)CC=C. The molecule has 0 bridgehead atoms. The van der Waals surface area contributed by atoms with E-state index < -0.39 is 0 Å². The van der Waals surface area contributed by atoms with Crippen LogP contribution in [0.3, 0.4) is 0 Å². The minimum atomic E-state index is -0.254. The smallest absolute Gasteiger partial charge is 0.293 e. The van der Waals surface area contributed by atoms with E-state index in [2.05, 4.69) is 18.2 Å². The van der Waals surface area contributed by atoms with Crippen LogP contribution in [0.5, 0.6) is 0 Å². The lowest BCUT2D eigenvalue weighted by Crippen LogP contribution is -2.16. The first-order valence-electron chi connectivity index (χ1n) is 3.25. The predicted octanol–water partition coefficient (Wildman–Crippen LogP) is 1.57. The highest BCUT2D eigenvalue weighted by Crippen LogP contribution is 2.09. The number of hydrogen-bond donors (Lipinski definition) is 0. The number of allylic oxidation sites excluding steroid dienone is 1. The van der Waals surface area contributed by atoms with Crippen molar-refractivity contribution >= 4 is 6.47 Å². The van der Waals surface area contributed by atoms with E-state index in [1.54, 1.807) is 6.08 Å². The monoisotopic (exact) mass is 141 g/mol. The van der Waals surface area contributed by atoms with Gasteiger partial charge in [0.1, 0.15) is 6.10 Å². The lowest BCUT2D eigenvalue weighted by Gasteiger charge is -2.15. The fourth-order valence-electron chi connectivity index (χ4n) is 0.620. The number of carbonyl (C=O) groups is 1. The summed E-state index contributed by atoms with van der Waals surface area (Å²) in [4.78, 5) is 9.84. The molecule has 2 nitrogen and oxygen atoms in total. The van der Waals surface area contributed by atoms with Gasteiger partial charge in [-0.25, -0.2) is 0 Å². The van der Waals surface area contributed by atoms with Crippen molar-refractivity contribution in [1.29, 1.82) is 0 Å². The van der Waals surface area contributed by atoms with Gasteiger partial charge in [0.15, 0.2) is 0 Å². The van der Waals surface area contributed by atoms with E-state index in [4.69, 9.17) is 0 Å². The summed E-state index contributed by atoms with van der Waals surface area (Å²) < 4.78 is 4.62. The summed E-state index contributed by atoms with van der Waals surface area (Å²) in [6, 6.07) is 0. The molecule has 2 atom stereocenters. The van der Waals surface area contributed by atoms with Crippen LogP contribution in [0.1, 0.15) is 13.3 Å². The summed E-state index contributed by atoms with van der Waals surface area (Å²) in [5.41, 5.74) is 0. The molecule has 1 unspecified atom stereocenters. The standard InChI is InChI=1S/C8H13O2/c1-4-5-7(2)8(3)10-6-9/h4,6-8H,1,3,5H2,2H3/t7?,8-/m1/s1. The Hall–Kier alpha value is -0.790. The van der Waals surface area contributed by atoms with E-state index in [-0.39, 0.29) is 12.0 Å². The second-order valence-electron chi connectivity index (χ2n) is 2.27. The Morgan fingerprint density at radius 3 is 2.70 bits per heavy atom. The molecule has 0 rings (SSSR count). The third-order valence-corrected chi connectivity index (χ3v) is 1.40. The maximum atomic E-state index is 9.84. The van der Waals surface area contributed by atoms with Crippen LogP contribution in [0, 0.1) is 12.8 Å². The molecule has 0 aliphatic carbocycles. The molecule has 0 aliphatic heterocycles. The van der Waals surface area contributed by atoms with Crippen molar-refractivity contribution in [2.45, 2.75) is 19.4 Å². The van der Waals surface area contributed by atoms with Crippen LogP contribution in [0.2, 0.25) is 0 Å². The molecule has 0 amide bonds. The third kappa shape index (κ3) is 3.28. The zero-order valence-electron chi connectivity index (χ0n) is 6.25. The molecular weight excluding hydrogens is 128 g/mol. The maximum Gasteiger partial charge on any atom is 0.293 e. The first-order valence-corrected chi connectivity index (χ1v) is 3.25. The van der Waals surface area contributed by atoms with Gasteiger partial charge in [-0.1, -0.05) is 13.0 Å². The Morgan fingerprint density at radius 1 is 1.70 bits per heavy atom. The Bertz CT molecular complexity index is 95.8. The van der Waals surface area contributed by atoms with E-state index in [1.165, 1.54) is 0 Å². The Morgan fingerprint density at radius 2 is 2.30 bits per heavy atom. The lowest BCUT2D eigenvalue weighted by atomic mass is 10.0. The minimum Gasteiger partial charge on any atom is -0.464 e. The fourth-order valence-corrected chi connectivity index (χ4v) is 0.620. The highest BCUT2D eigenvalue weighted by atomic mass is 16.5. The highest BCUT2D eigenvalue weighted by Gasteiger charge is 2.10. The quantitative estimate of drug-likeness (QED) is 0.429. The second kappa shape index (κ2) is 5.03. The first-order chi connectivity index (χ1) is 4.72. The summed E-state index contributed by atoms with van der Waals surface area (Å²) in [5.74, 6) is 0.252. The van der Waals surface area contributed by atoms with Gasteiger partial charge in [0, 0.05) is 0 Å². The number of hydrogen-bond acceptors (Lipinski definition) is 2. The second-order valence-corrected chi connectivity index (χ2v) is 2.27. The number of ether oxygens (including phenoxy) is 1. The van der Waals surface area contributed by atoms with E-state index in [9.17, 15) is 4.79 Å². The van der Waals surface area contributed by atoms with Crippen molar-refractivity contribution < 1.29 is 9.53 Å². The maximum absolute atomic E-state index is 9.84. The third-order valence-electron chi connectivity index (χ3n) is 1.40. The lowest BCUT2D eigenvalue weighted by molar-refractivity contribution is -0.133.